The molecule has 0 saturated carbocycles. The summed E-state index contributed by atoms with van der Waals surface area (Å²) in [6.07, 6.45) is 3.45. The first-order valence-electron chi connectivity index (χ1n) is 8.92. The predicted octanol–water partition coefficient (Wildman–Crippen LogP) is 0.495. The average molecular weight is 361 g/mol. The number of unbranched alkanes of at least 4 members (excludes halogenated alkanes) is 1. The van der Waals surface area contributed by atoms with E-state index in [1.165, 1.54) is 4.63 Å². The first kappa shape index (κ1) is 18.0. The Bertz CT molecular complexity index is 770. The number of carboxylic acids is 1. The number of carbonyl (C=O) groups is 2. The Hall–Kier alpha value is -2.78. The molecule has 0 spiro atoms. The zero-order chi connectivity index (χ0) is 18.5. The zero-order valence-corrected chi connectivity index (χ0v) is 14.7. The highest BCUT2D eigenvalue weighted by atomic mass is 16.4. The van der Waals surface area contributed by atoms with Crippen molar-refractivity contribution < 1.29 is 14.7 Å². The van der Waals surface area contributed by atoms with Crippen LogP contribution < -0.4 is 10.2 Å². The minimum Gasteiger partial charge on any atom is -0.480 e. The van der Waals surface area contributed by atoms with Gasteiger partial charge in [-0.25, -0.2) is 4.79 Å². The van der Waals surface area contributed by atoms with Crippen LogP contribution in [-0.2, 0) is 9.59 Å². The number of fused-ring (bicyclic) bond motifs is 1. The average Bonchev–Trinajstić information content (AvgIpc) is 3.12. The van der Waals surface area contributed by atoms with Gasteiger partial charge in [0.25, 0.3) is 0 Å². The topological polar surface area (TPSA) is 126 Å². The van der Waals surface area contributed by atoms with Gasteiger partial charge in [-0.15, -0.1) is 14.8 Å². The van der Waals surface area contributed by atoms with E-state index in [4.69, 9.17) is 0 Å². The largest absolute Gasteiger partial charge is 0.480 e. The Morgan fingerprint density at radius 3 is 2.81 bits per heavy atom. The lowest BCUT2D eigenvalue weighted by atomic mass is 9.95. The highest BCUT2D eigenvalue weighted by molar-refractivity contribution is 5.85. The molecule has 10 nitrogen and oxygen atoms in total. The molecule has 1 aliphatic rings. The molecule has 0 aliphatic carbocycles. The van der Waals surface area contributed by atoms with Gasteiger partial charge in [0.2, 0.25) is 5.91 Å². The summed E-state index contributed by atoms with van der Waals surface area (Å²) in [6.45, 7) is 3.34. The monoisotopic (exact) mass is 361 g/mol. The summed E-state index contributed by atoms with van der Waals surface area (Å²) in [4.78, 5) is 25.8. The fourth-order valence-corrected chi connectivity index (χ4v) is 3.13. The number of piperidine rings is 1. The van der Waals surface area contributed by atoms with E-state index in [1.54, 1.807) is 6.07 Å². The molecule has 1 amide bonds. The Morgan fingerprint density at radius 2 is 2.12 bits per heavy atom. The maximum Gasteiger partial charge on any atom is 0.326 e. The molecule has 2 N–H and O–H groups in total. The molecule has 10 heteroatoms. The van der Waals surface area contributed by atoms with E-state index in [1.807, 2.05) is 13.0 Å². The summed E-state index contributed by atoms with van der Waals surface area (Å²) in [5.74, 6) is -0.554. The van der Waals surface area contributed by atoms with Crippen LogP contribution in [0, 0.1) is 5.92 Å². The molecule has 3 heterocycles. The molecular formula is C16H23N7O3. The Kier molecular flexibility index (Phi) is 5.59. The third-order valence-electron chi connectivity index (χ3n) is 4.71. The number of aliphatic carboxylic acids is 1. The molecule has 3 rings (SSSR count). The lowest BCUT2D eigenvalue weighted by Crippen LogP contribution is -2.46. The number of amides is 1. The summed E-state index contributed by atoms with van der Waals surface area (Å²) < 4.78 is 1.37. The van der Waals surface area contributed by atoms with Crippen LogP contribution >= 0.6 is 0 Å². The van der Waals surface area contributed by atoms with Crippen molar-refractivity contribution in [3.05, 3.63) is 12.1 Å². The normalized spacial score (nSPS) is 16.6. The predicted molar refractivity (Wildman–Crippen MR) is 92.6 cm³/mol. The quantitative estimate of drug-likeness (QED) is 0.730. The van der Waals surface area contributed by atoms with Crippen molar-refractivity contribution in [1.82, 2.24) is 30.6 Å². The minimum atomic E-state index is -0.969. The van der Waals surface area contributed by atoms with Crippen LogP contribution in [0.4, 0.5) is 5.82 Å². The van der Waals surface area contributed by atoms with Crippen LogP contribution in [0.3, 0.4) is 0 Å². The third kappa shape index (κ3) is 4.06. The number of rotatable bonds is 7. The first-order valence-corrected chi connectivity index (χ1v) is 8.92. The van der Waals surface area contributed by atoms with Crippen molar-refractivity contribution in [1.29, 1.82) is 0 Å². The number of anilines is 1. The standard InChI is InChI=1S/C16H23N7O3/c1-2-3-4-12(16(25)26)17-15(24)11-7-9-22(10-8-11)14-6-5-13-18-20-21-23(13)19-14/h5-6,11-12H,2-4,7-10H2,1H3,(H,17,24)(H,25,26)/t12-/m0/s1. The minimum absolute atomic E-state index is 0.169. The number of nitrogens with zero attached hydrogens (tertiary/aromatic N) is 6. The van der Waals surface area contributed by atoms with Gasteiger partial charge in [0.1, 0.15) is 6.04 Å². The smallest absolute Gasteiger partial charge is 0.326 e. The Labute approximate surface area is 150 Å². The highest BCUT2D eigenvalue weighted by Crippen LogP contribution is 2.22. The van der Waals surface area contributed by atoms with Crippen molar-refractivity contribution in [3.63, 3.8) is 0 Å². The number of carboxylic acid groups (broad SMARTS) is 1. The zero-order valence-electron chi connectivity index (χ0n) is 14.7. The van der Waals surface area contributed by atoms with Crippen molar-refractivity contribution in [2.24, 2.45) is 5.92 Å². The number of tetrazole rings is 1. The molecule has 0 aromatic carbocycles. The van der Waals surface area contributed by atoms with Crippen LogP contribution in [0.1, 0.15) is 39.0 Å². The van der Waals surface area contributed by atoms with Crippen molar-refractivity contribution in [2.45, 2.75) is 45.1 Å². The maximum absolute atomic E-state index is 12.4. The van der Waals surface area contributed by atoms with E-state index in [9.17, 15) is 14.7 Å². The lowest BCUT2D eigenvalue weighted by molar-refractivity contribution is -0.142. The number of aromatic nitrogens is 5. The van der Waals surface area contributed by atoms with Gasteiger partial charge in [-0.1, -0.05) is 19.8 Å². The first-order chi connectivity index (χ1) is 12.6. The van der Waals surface area contributed by atoms with Crippen LogP contribution in [0.25, 0.3) is 5.65 Å². The molecule has 1 atom stereocenters. The van der Waals surface area contributed by atoms with E-state index >= 15 is 0 Å². The second kappa shape index (κ2) is 8.07. The Morgan fingerprint density at radius 1 is 1.35 bits per heavy atom. The van der Waals surface area contributed by atoms with Gasteiger partial charge in [0, 0.05) is 19.0 Å². The van der Waals surface area contributed by atoms with Crippen LogP contribution in [0.15, 0.2) is 12.1 Å². The summed E-state index contributed by atoms with van der Waals surface area (Å²) in [5.41, 5.74) is 0.579. The molecule has 140 valence electrons. The SMILES string of the molecule is CCCC[C@H](NC(=O)C1CCN(c2ccc3nnnn3n2)CC1)C(=O)O. The highest BCUT2D eigenvalue weighted by Gasteiger charge is 2.29. The fraction of sp³-hybridized carbons (Fsp3) is 0.625. The summed E-state index contributed by atoms with van der Waals surface area (Å²) in [7, 11) is 0. The molecule has 26 heavy (non-hydrogen) atoms. The van der Waals surface area contributed by atoms with E-state index in [2.05, 4.69) is 30.8 Å². The molecule has 0 unspecified atom stereocenters. The van der Waals surface area contributed by atoms with Gasteiger partial charge in [-0.05, 0) is 41.8 Å². The number of hydrogen-bond acceptors (Lipinski definition) is 7. The molecule has 2 aromatic heterocycles. The Balaban J connectivity index is 1.55. The molecule has 1 aliphatic heterocycles. The van der Waals surface area contributed by atoms with Gasteiger partial charge in [0.05, 0.1) is 0 Å². The van der Waals surface area contributed by atoms with Crippen LogP contribution in [-0.4, -0.2) is 61.4 Å². The summed E-state index contributed by atoms with van der Waals surface area (Å²) >= 11 is 0. The molecule has 1 fully saturated rings. The lowest BCUT2D eigenvalue weighted by Gasteiger charge is -2.32. The van der Waals surface area contributed by atoms with E-state index in [0.29, 0.717) is 38.0 Å². The summed E-state index contributed by atoms with van der Waals surface area (Å²) in [6, 6.07) is 2.85. The second-order valence-corrected chi connectivity index (χ2v) is 6.52. The maximum atomic E-state index is 12.4. The number of nitrogens with one attached hydrogen (secondary N) is 1. The van der Waals surface area contributed by atoms with E-state index in [0.717, 1.165) is 18.7 Å². The van der Waals surface area contributed by atoms with Gasteiger partial charge in [-0.2, -0.15) is 0 Å². The molecule has 0 radical (unpaired) electrons. The molecule has 1 saturated heterocycles. The molecule has 0 bridgehead atoms. The third-order valence-corrected chi connectivity index (χ3v) is 4.71. The van der Waals surface area contributed by atoms with Gasteiger partial charge >= 0.3 is 5.97 Å². The summed E-state index contributed by atoms with van der Waals surface area (Å²) in [5, 5.41) is 27.5. The van der Waals surface area contributed by atoms with Gasteiger partial charge in [-0.3, -0.25) is 4.79 Å². The van der Waals surface area contributed by atoms with Crippen molar-refractivity contribution in [2.75, 3.05) is 18.0 Å². The fourth-order valence-electron chi connectivity index (χ4n) is 3.13. The van der Waals surface area contributed by atoms with Crippen LogP contribution in [0.5, 0.6) is 0 Å². The van der Waals surface area contributed by atoms with E-state index in [-0.39, 0.29) is 11.8 Å². The van der Waals surface area contributed by atoms with Crippen molar-refractivity contribution in [3.8, 4) is 0 Å². The number of hydrogen-bond donors (Lipinski definition) is 2. The van der Waals surface area contributed by atoms with E-state index < -0.39 is 12.0 Å². The van der Waals surface area contributed by atoms with Gasteiger partial charge in [0.15, 0.2) is 11.5 Å². The second-order valence-electron chi connectivity index (χ2n) is 6.52. The van der Waals surface area contributed by atoms with Gasteiger partial charge < -0.3 is 15.3 Å². The van der Waals surface area contributed by atoms with Crippen molar-refractivity contribution >= 4 is 23.3 Å². The number of carbonyl (C=O) groups excluding carboxylic acids is 1. The molecular weight excluding hydrogens is 338 g/mol. The molecule has 2 aromatic rings. The van der Waals surface area contributed by atoms with Crippen LogP contribution in [0.2, 0.25) is 0 Å².